The van der Waals surface area contributed by atoms with Crippen molar-refractivity contribution in [2.45, 2.75) is 70.9 Å². The zero-order valence-electron chi connectivity index (χ0n) is 12.8. The molecule has 2 heterocycles. The lowest BCUT2D eigenvalue weighted by Gasteiger charge is -2.29. The summed E-state index contributed by atoms with van der Waals surface area (Å²) in [5.74, 6) is 1.39. The van der Waals surface area contributed by atoms with Gasteiger partial charge in [-0.3, -0.25) is 0 Å². The summed E-state index contributed by atoms with van der Waals surface area (Å²) in [6, 6.07) is 0.745. The van der Waals surface area contributed by atoms with Crippen LogP contribution in [-0.4, -0.2) is 17.6 Å². The zero-order chi connectivity index (χ0) is 14.1. The Morgan fingerprint density at radius 3 is 2.60 bits per heavy atom. The monoisotopic (exact) mass is 293 g/mol. The number of aromatic nitrogens is 1. The van der Waals surface area contributed by atoms with Crippen molar-refractivity contribution < 1.29 is 0 Å². The third-order valence-electron chi connectivity index (χ3n) is 4.94. The van der Waals surface area contributed by atoms with Gasteiger partial charge in [0.1, 0.15) is 0 Å². The van der Waals surface area contributed by atoms with E-state index in [4.69, 9.17) is 10.7 Å². The third-order valence-corrected chi connectivity index (χ3v) is 6.07. The fourth-order valence-electron chi connectivity index (χ4n) is 3.93. The molecule has 0 amide bonds. The first-order valence-corrected chi connectivity index (χ1v) is 8.98. The summed E-state index contributed by atoms with van der Waals surface area (Å²) in [5, 5.41) is 1.24. The molecule has 20 heavy (non-hydrogen) atoms. The fraction of sp³-hybridized carbons (Fsp3) is 0.812. The summed E-state index contributed by atoms with van der Waals surface area (Å²) in [5.41, 5.74) is 7.14. The van der Waals surface area contributed by atoms with E-state index in [-0.39, 0.29) is 0 Å². The molecule has 2 fully saturated rings. The van der Waals surface area contributed by atoms with E-state index >= 15 is 0 Å². The molecule has 0 bridgehead atoms. The van der Waals surface area contributed by atoms with Crippen molar-refractivity contribution in [2.75, 3.05) is 11.4 Å². The van der Waals surface area contributed by atoms with E-state index in [2.05, 4.69) is 18.7 Å². The van der Waals surface area contributed by atoms with Crippen molar-refractivity contribution in [3.05, 3.63) is 10.6 Å². The van der Waals surface area contributed by atoms with Crippen LogP contribution in [0.4, 0.5) is 5.13 Å². The predicted octanol–water partition coefficient (Wildman–Crippen LogP) is 3.88. The van der Waals surface area contributed by atoms with Crippen molar-refractivity contribution in [1.29, 1.82) is 0 Å². The Hall–Kier alpha value is -0.610. The minimum absolute atomic E-state index is 0.478. The van der Waals surface area contributed by atoms with Crippen LogP contribution in [0.15, 0.2) is 0 Å². The number of anilines is 1. The van der Waals surface area contributed by atoms with Crippen LogP contribution in [0.2, 0.25) is 0 Å². The molecule has 4 heteroatoms. The van der Waals surface area contributed by atoms with Crippen LogP contribution in [-0.2, 0) is 6.54 Å². The number of nitrogens with zero attached hydrogens (tertiary/aromatic N) is 2. The Kier molecular flexibility index (Phi) is 4.32. The maximum Gasteiger partial charge on any atom is 0.186 e. The van der Waals surface area contributed by atoms with Crippen LogP contribution in [0.1, 0.15) is 68.9 Å². The van der Waals surface area contributed by atoms with Crippen LogP contribution < -0.4 is 10.6 Å². The van der Waals surface area contributed by atoms with Crippen molar-refractivity contribution in [3.63, 3.8) is 0 Å². The molecule has 1 saturated carbocycles. The molecule has 1 aliphatic heterocycles. The van der Waals surface area contributed by atoms with Crippen LogP contribution in [0.5, 0.6) is 0 Å². The van der Waals surface area contributed by atoms with Gasteiger partial charge in [0.05, 0.1) is 5.69 Å². The van der Waals surface area contributed by atoms with E-state index in [1.807, 2.05) is 11.3 Å². The van der Waals surface area contributed by atoms with Crippen molar-refractivity contribution in [3.8, 4) is 0 Å². The van der Waals surface area contributed by atoms with E-state index in [1.54, 1.807) is 0 Å². The quantitative estimate of drug-likeness (QED) is 0.916. The number of nitrogens with two attached hydrogens (primary N) is 1. The first kappa shape index (κ1) is 14.3. The lowest BCUT2D eigenvalue weighted by atomic mass is 9.96. The zero-order valence-corrected chi connectivity index (χ0v) is 13.6. The molecule has 2 aliphatic rings. The lowest BCUT2D eigenvalue weighted by molar-refractivity contribution is 0.430. The Labute approximate surface area is 126 Å². The fourth-order valence-corrected chi connectivity index (χ4v) is 5.11. The van der Waals surface area contributed by atoms with Crippen LogP contribution in [0.3, 0.4) is 0 Å². The van der Waals surface area contributed by atoms with E-state index in [9.17, 15) is 0 Å². The van der Waals surface area contributed by atoms with Crippen LogP contribution in [0, 0.1) is 5.92 Å². The Morgan fingerprint density at radius 1 is 1.25 bits per heavy atom. The molecule has 0 aromatic carbocycles. The molecule has 112 valence electrons. The predicted molar refractivity (Wildman–Crippen MR) is 86.4 cm³/mol. The van der Waals surface area contributed by atoms with Crippen molar-refractivity contribution in [2.24, 2.45) is 11.7 Å². The molecule has 1 aromatic heterocycles. The minimum atomic E-state index is 0.478. The van der Waals surface area contributed by atoms with Gasteiger partial charge in [-0.2, -0.15) is 0 Å². The maximum atomic E-state index is 5.91. The average molecular weight is 293 g/mol. The third kappa shape index (κ3) is 2.60. The number of rotatable bonds is 4. The highest BCUT2D eigenvalue weighted by molar-refractivity contribution is 7.15. The standard InChI is InChI=1S/C16H27N3S/c1-11(2)15-14(10-17)20-16(18-15)19-9-5-8-13(19)12-6-3-4-7-12/h11-13H,3-10,17H2,1-2H3. The second-order valence-corrected chi connectivity index (χ2v) is 7.67. The Bertz CT molecular complexity index is 449. The molecule has 2 N–H and O–H groups in total. The highest BCUT2D eigenvalue weighted by Gasteiger charge is 2.35. The highest BCUT2D eigenvalue weighted by atomic mass is 32.1. The second kappa shape index (κ2) is 6.02. The van der Waals surface area contributed by atoms with E-state index in [1.165, 1.54) is 60.8 Å². The molecule has 1 aliphatic carbocycles. The molecule has 1 aromatic rings. The largest absolute Gasteiger partial charge is 0.345 e. The number of hydrogen-bond acceptors (Lipinski definition) is 4. The number of hydrogen-bond donors (Lipinski definition) is 1. The SMILES string of the molecule is CC(C)c1nc(N2CCCC2C2CCCC2)sc1CN. The van der Waals surface area contributed by atoms with Gasteiger partial charge in [-0.05, 0) is 37.5 Å². The first-order valence-electron chi connectivity index (χ1n) is 8.17. The lowest BCUT2D eigenvalue weighted by Crippen LogP contribution is -2.34. The normalized spacial score (nSPS) is 24.2. The van der Waals surface area contributed by atoms with Gasteiger partial charge in [0.15, 0.2) is 5.13 Å². The van der Waals surface area contributed by atoms with E-state index < -0.39 is 0 Å². The summed E-state index contributed by atoms with van der Waals surface area (Å²) in [4.78, 5) is 8.84. The van der Waals surface area contributed by atoms with Gasteiger partial charge in [0, 0.05) is 24.0 Å². The summed E-state index contributed by atoms with van der Waals surface area (Å²) < 4.78 is 0. The van der Waals surface area contributed by atoms with Gasteiger partial charge in [-0.15, -0.1) is 11.3 Å². The van der Waals surface area contributed by atoms with Crippen molar-refractivity contribution >= 4 is 16.5 Å². The summed E-state index contributed by atoms with van der Waals surface area (Å²) in [6.07, 6.45) is 8.39. The highest BCUT2D eigenvalue weighted by Crippen LogP contribution is 2.40. The molecule has 0 radical (unpaired) electrons. The van der Waals surface area contributed by atoms with Gasteiger partial charge in [-0.25, -0.2) is 4.98 Å². The van der Waals surface area contributed by atoms with Gasteiger partial charge >= 0.3 is 0 Å². The first-order chi connectivity index (χ1) is 9.70. The molecule has 1 atom stereocenters. The molecule has 3 nitrogen and oxygen atoms in total. The van der Waals surface area contributed by atoms with Gasteiger partial charge < -0.3 is 10.6 Å². The molecule has 1 saturated heterocycles. The average Bonchev–Trinajstić information content (AvgIpc) is 3.16. The number of thiazole rings is 1. The molecule has 3 rings (SSSR count). The molecule has 1 unspecified atom stereocenters. The Morgan fingerprint density at radius 2 is 2.00 bits per heavy atom. The van der Waals surface area contributed by atoms with Crippen LogP contribution in [0.25, 0.3) is 0 Å². The van der Waals surface area contributed by atoms with Gasteiger partial charge in [-0.1, -0.05) is 26.7 Å². The van der Waals surface area contributed by atoms with E-state index in [0.717, 1.165) is 12.0 Å². The summed E-state index contributed by atoms with van der Waals surface area (Å²) >= 11 is 1.84. The minimum Gasteiger partial charge on any atom is -0.345 e. The second-order valence-electron chi connectivity index (χ2n) is 6.61. The molecular formula is C16H27N3S. The molecule has 0 spiro atoms. The maximum absolute atomic E-state index is 5.91. The summed E-state index contributed by atoms with van der Waals surface area (Å²) in [7, 11) is 0. The van der Waals surface area contributed by atoms with E-state index in [0.29, 0.717) is 12.5 Å². The topological polar surface area (TPSA) is 42.2 Å². The smallest absolute Gasteiger partial charge is 0.186 e. The van der Waals surface area contributed by atoms with Crippen molar-refractivity contribution in [1.82, 2.24) is 4.98 Å². The summed E-state index contributed by atoms with van der Waals surface area (Å²) in [6.45, 7) is 6.26. The van der Waals surface area contributed by atoms with Crippen LogP contribution >= 0.6 is 11.3 Å². The molecular weight excluding hydrogens is 266 g/mol. The Balaban J connectivity index is 1.83. The van der Waals surface area contributed by atoms with Gasteiger partial charge in [0.2, 0.25) is 0 Å². The van der Waals surface area contributed by atoms with Gasteiger partial charge in [0.25, 0.3) is 0 Å².